The van der Waals surface area contributed by atoms with E-state index in [2.05, 4.69) is 41.5 Å². The van der Waals surface area contributed by atoms with Crippen LogP contribution in [0.15, 0.2) is 24.3 Å². The highest BCUT2D eigenvalue weighted by atomic mass is 31.2. The van der Waals surface area contributed by atoms with Crippen molar-refractivity contribution in [1.29, 1.82) is 0 Å². The van der Waals surface area contributed by atoms with Gasteiger partial charge in [-0.05, 0) is 78.9 Å². The van der Waals surface area contributed by atoms with Crippen molar-refractivity contribution in [1.82, 2.24) is 0 Å². The van der Waals surface area contributed by atoms with E-state index in [-0.39, 0.29) is 29.0 Å². The lowest BCUT2D eigenvalue weighted by atomic mass is 9.75. The normalized spacial score (nSPS) is 30.7. The van der Waals surface area contributed by atoms with Crippen molar-refractivity contribution in [2.75, 3.05) is 25.5 Å². The van der Waals surface area contributed by atoms with E-state index >= 15 is 4.57 Å². The number of nitrogens with zero attached hydrogens (tertiary/aromatic N) is 2. The maximum absolute atomic E-state index is 15.2. The second kappa shape index (κ2) is 13.3. The summed E-state index contributed by atoms with van der Waals surface area (Å²) >= 11 is 0. The average molecular weight is 551 g/mol. The summed E-state index contributed by atoms with van der Waals surface area (Å²) in [7, 11) is -0.0403. The molecule has 2 aliphatic rings. The Morgan fingerprint density at radius 3 is 1.71 bits per heavy atom. The highest BCUT2D eigenvalue weighted by molar-refractivity contribution is 7.54. The molecule has 216 valence electrons. The third kappa shape index (κ3) is 7.82. The van der Waals surface area contributed by atoms with Crippen LogP contribution in [0.4, 0.5) is 5.69 Å². The first-order valence-corrected chi connectivity index (χ1v) is 16.3. The monoisotopic (exact) mass is 550 g/mol. The standard InChI is InChI=1S/C30H51N2O5P/c1-20(2)26-15-9-22(5)17-28(26)36-38(35,37-29-18-23(6)10-16-27(29)21(3)4)30(19-32(33)34)24-11-13-25(14-12-24)31(7)8/h11-14,20-23,26-30H,9-10,15-19H2,1-8H3. The predicted molar refractivity (Wildman–Crippen MR) is 155 cm³/mol. The topological polar surface area (TPSA) is 81.9 Å². The van der Waals surface area contributed by atoms with Gasteiger partial charge in [-0.1, -0.05) is 66.5 Å². The lowest BCUT2D eigenvalue weighted by molar-refractivity contribution is -0.480. The zero-order valence-corrected chi connectivity index (χ0v) is 25.7. The summed E-state index contributed by atoms with van der Waals surface area (Å²) in [6.07, 6.45) is 5.38. The number of benzene rings is 1. The molecule has 38 heavy (non-hydrogen) atoms. The molecule has 2 saturated carbocycles. The number of nitro groups is 1. The van der Waals surface area contributed by atoms with Gasteiger partial charge in [-0.3, -0.25) is 14.7 Å². The average Bonchev–Trinajstić information content (AvgIpc) is 2.82. The Morgan fingerprint density at radius 2 is 1.34 bits per heavy atom. The molecule has 1 aromatic rings. The third-order valence-electron chi connectivity index (χ3n) is 8.99. The van der Waals surface area contributed by atoms with Crippen LogP contribution < -0.4 is 4.90 Å². The number of rotatable bonds is 11. The van der Waals surface area contributed by atoms with Crippen molar-refractivity contribution in [3.8, 4) is 0 Å². The van der Waals surface area contributed by atoms with E-state index in [1.165, 1.54) is 0 Å². The highest BCUT2D eigenvalue weighted by Gasteiger charge is 2.48. The molecule has 0 heterocycles. The zero-order chi connectivity index (χ0) is 28.2. The zero-order valence-electron chi connectivity index (χ0n) is 24.8. The van der Waals surface area contributed by atoms with Gasteiger partial charge < -0.3 is 13.9 Å². The molecule has 0 spiro atoms. The Labute approximate surface area is 230 Å². The summed E-state index contributed by atoms with van der Waals surface area (Å²) < 4.78 is 28.6. The van der Waals surface area contributed by atoms with Gasteiger partial charge in [0.15, 0.2) is 5.66 Å². The summed E-state index contributed by atoms with van der Waals surface area (Å²) in [5.74, 6) is 2.15. The second-order valence-corrected chi connectivity index (χ2v) is 15.1. The van der Waals surface area contributed by atoms with E-state index in [4.69, 9.17) is 9.05 Å². The highest BCUT2D eigenvalue weighted by Crippen LogP contribution is 2.65. The molecule has 7 nitrogen and oxygen atoms in total. The number of hydrogen-bond acceptors (Lipinski definition) is 6. The van der Waals surface area contributed by atoms with Gasteiger partial charge in [0.2, 0.25) is 6.54 Å². The van der Waals surface area contributed by atoms with Crippen molar-refractivity contribution < 1.29 is 18.5 Å². The van der Waals surface area contributed by atoms with Gasteiger partial charge >= 0.3 is 7.60 Å². The molecule has 7 unspecified atom stereocenters. The van der Waals surface area contributed by atoms with Gasteiger partial charge in [0.25, 0.3) is 0 Å². The minimum atomic E-state index is -3.94. The van der Waals surface area contributed by atoms with Crippen molar-refractivity contribution >= 4 is 13.3 Å². The third-order valence-corrected chi connectivity index (χ3v) is 11.3. The molecule has 0 amide bonds. The Morgan fingerprint density at radius 1 is 0.895 bits per heavy atom. The Bertz CT molecular complexity index is 912. The van der Waals surface area contributed by atoms with Gasteiger partial charge in [0.1, 0.15) is 0 Å². The molecule has 0 radical (unpaired) electrons. The summed E-state index contributed by atoms with van der Waals surface area (Å²) in [5.41, 5.74) is 0.668. The van der Waals surface area contributed by atoms with Gasteiger partial charge in [0, 0.05) is 24.7 Å². The molecule has 1 aromatic carbocycles. The quantitative estimate of drug-likeness (QED) is 0.157. The van der Waals surface area contributed by atoms with E-state index in [9.17, 15) is 10.1 Å². The van der Waals surface area contributed by atoms with Crippen LogP contribution in [0.3, 0.4) is 0 Å². The first-order valence-electron chi connectivity index (χ1n) is 14.7. The molecule has 0 aromatic heterocycles. The maximum Gasteiger partial charge on any atom is 0.345 e. The van der Waals surface area contributed by atoms with Crippen LogP contribution in [0.2, 0.25) is 0 Å². The molecule has 0 saturated heterocycles. The molecular formula is C30H51N2O5P. The van der Waals surface area contributed by atoms with Crippen molar-refractivity contribution in [3.05, 3.63) is 39.9 Å². The molecule has 2 fully saturated rings. The second-order valence-electron chi connectivity index (χ2n) is 13.0. The molecule has 7 atom stereocenters. The molecule has 3 rings (SSSR count). The number of anilines is 1. The smallest absolute Gasteiger partial charge is 0.345 e. The lowest BCUT2D eigenvalue weighted by Crippen LogP contribution is -2.37. The minimum absolute atomic E-state index is 0.238. The van der Waals surface area contributed by atoms with Crippen LogP contribution in [0, 0.1) is 45.6 Å². The van der Waals surface area contributed by atoms with Gasteiger partial charge in [-0.15, -0.1) is 0 Å². The molecular weight excluding hydrogens is 499 g/mol. The first kappa shape index (κ1) is 31.1. The summed E-state index contributed by atoms with van der Waals surface area (Å²) in [4.78, 5) is 13.6. The number of hydrogen-bond donors (Lipinski definition) is 0. The van der Waals surface area contributed by atoms with E-state index in [1.807, 2.05) is 43.3 Å². The van der Waals surface area contributed by atoms with Crippen LogP contribution in [0.25, 0.3) is 0 Å². The minimum Gasteiger partial charge on any atom is -0.378 e. The van der Waals surface area contributed by atoms with Gasteiger partial charge in [0.05, 0.1) is 12.2 Å². The van der Waals surface area contributed by atoms with E-state index in [0.717, 1.165) is 44.2 Å². The van der Waals surface area contributed by atoms with E-state index < -0.39 is 19.8 Å². The van der Waals surface area contributed by atoms with Crippen molar-refractivity contribution in [2.24, 2.45) is 35.5 Å². The lowest BCUT2D eigenvalue weighted by Gasteiger charge is -2.43. The Balaban J connectivity index is 2.07. The SMILES string of the molecule is CC1CCC(C(C)C)C(OP(=O)(OC2CC(C)CCC2C(C)C)C(C[N+](=O)[O-])c2ccc(N(C)C)cc2)C1. The van der Waals surface area contributed by atoms with E-state index in [0.29, 0.717) is 29.2 Å². The Hall–Kier alpha value is -1.43. The van der Waals surface area contributed by atoms with Gasteiger partial charge in [-0.25, -0.2) is 0 Å². The van der Waals surface area contributed by atoms with Crippen LogP contribution in [0.1, 0.15) is 91.3 Å². The van der Waals surface area contributed by atoms with Crippen LogP contribution in [-0.2, 0) is 13.6 Å². The molecule has 0 N–H and O–H groups in total. The molecule has 2 aliphatic carbocycles. The molecule has 0 bridgehead atoms. The van der Waals surface area contributed by atoms with Crippen molar-refractivity contribution in [2.45, 2.75) is 97.9 Å². The summed E-state index contributed by atoms with van der Waals surface area (Å²) in [5, 5.41) is 12.0. The summed E-state index contributed by atoms with van der Waals surface area (Å²) in [6.45, 7) is 12.7. The molecule has 8 heteroatoms. The fourth-order valence-electron chi connectivity index (χ4n) is 6.54. The van der Waals surface area contributed by atoms with Crippen LogP contribution in [-0.4, -0.2) is 37.8 Å². The first-order chi connectivity index (χ1) is 17.8. The van der Waals surface area contributed by atoms with Gasteiger partial charge in [-0.2, -0.15) is 0 Å². The molecule has 0 aliphatic heterocycles. The summed E-state index contributed by atoms with van der Waals surface area (Å²) in [6, 6.07) is 7.56. The Kier molecular flexibility index (Phi) is 10.9. The fraction of sp³-hybridized carbons (Fsp3) is 0.800. The van der Waals surface area contributed by atoms with Crippen molar-refractivity contribution in [3.63, 3.8) is 0 Å². The maximum atomic E-state index is 15.2. The van der Waals surface area contributed by atoms with Crippen LogP contribution >= 0.6 is 7.60 Å². The fourth-order valence-corrected chi connectivity index (χ4v) is 9.00. The van der Waals surface area contributed by atoms with Crippen LogP contribution in [0.5, 0.6) is 0 Å². The van der Waals surface area contributed by atoms with E-state index in [1.54, 1.807) is 0 Å². The largest absolute Gasteiger partial charge is 0.378 e. The predicted octanol–water partition coefficient (Wildman–Crippen LogP) is 8.22.